The molecule has 13 heavy (non-hydrogen) atoms. The molecule has 0 aliphatic carbocycles. The molecule has 0 bridgehead atoms. The van der Waals surface area contributed by atoms with Crippen LogP contribution in [0.1, 0.15) is 0 Å². The van der Waals surface area contributed by atoms with Crippen molar-refractivity contribution in [2.45, 2.75) is 0 Å². The monoisotopic (exact) mass is 1130 g/mol. The van der Waals surface area contributed by atoms with E-state index in [1.165, 1.54) is 0 Å². The van der Waals surface area contributed by atoms with Crippen LogP contribution in [-0.4, -0.2) is 219 Å². The van der Waals surface area contributed by atoms with Gasteiger partial charge in [-0.05, 0) is 0 Å². The Morgan fingerprint density at radius 3 is 0.385 bits per heavy atom. The van der Waals surface area contributed by atoms with E-state index in [1.54, 1.807) is 0 Å². The van der Waals surface area contributed by atoms with E-state index < -0.39 is 0 Å². The van der Waals surface area contributed by atoms with Crippen molar-refractivity contribution >= 4 is 219 Å². The minimum absolute atomic E-state index is 0. The van der Waals surface area contributed by atoms with Crippen molar-refractivity contribution in [3.05, 3.63) is 0 Å². The molecule has 0 aromatic rings. The van der Waals surface area contributed by atoms with Crippen molar-refractivity contribution in [1.29, 1.82) is 0 Å². The van der Waals surface area contributed by atoms with Crippen molar-refractivity contribution < 1.29 is 72.1 Å². The fourth-order valence-corrected chi connectivity index (χ4v) is 0. The topological polar surface area (TPSA) is 142 Å². The van der Waals surface area contributed by atoms with Gasteiger partial charge in [-0.15, -0.1) is 0 Å². The molecule has 13 heteroatoms. The zero-order valence-corrected chi connectivity index (χ0v) is 21.8. The molecule has 0 spiro atoms. The third-order valence-electron chi connectivity index (χ3n) is 0. The van der Waals surface area contributed by atoms with Crippen LogP contribution in [0, 0.1) is 0 Å². The van der Waals surface area contributed by atoms with Gasteiger partial charge in [-0.3, -0.25) is 0 Å². The van der Waals surface area contributed by atoms with Crippen LogP contribution in [-0.2, 0) is 72.1 Å². The summed E-state index contributed by atoms with van der Waals surface area (Å²) >= 11 is 0. The molecule has 0 N–H and O–H groups in total. The van der Waals surface area contributed by atoms with Gasteiger partial charge in [0.1, 0.15) is 0 Å². The summed E-state index contributed by atoms with van der Waals surface area (Å²) in [5.74, 6) is 0. The van der Waals surface area contributed by atoms with E-state index >= 15 is 0 Å². The molecule has 0 atom stereocenters. The van der Waals surface area contributed by atoms with Gasteiger partial charge >= 0.3 is 264 Å². The fourth-order valence-electron chi connectivity index (χ4n) is 0. The largest absolute Gasteiger partial charge is 5.00 e. The van der Waals surface area contributed by atoms with E-state index in [4.69, 9.17) is 0 Å². The molecule has 0 aliphatic heterocycles. The third kappa shape index (κ3) is 96.9. The first-order valence-electron chi connectivity index (χ1n) is 0. The van der Waals surface area contributed by atoms with Crippen LogP contribution in [0.15, 0.2) is 0 Å². The second kappa shape index (κ2) is 108. The first kappa shape index (κ1) is 125. The van der Waals surface area contributed by atoms with Gasteiger partial charge in [0.15, 0.2) is 0 Å². The van der Waals surface area contributed by atoms with Gasteiger partial charge in [-0.25, -0.2) is 0 Å². The van der Waals surface area contributed by atoms with Crippen LogP contribution < -0.4 is 0 Å². The van der Waals surface area contributed by atoms with Gasteiger partial charge < -0.3 is 27.4 Å². The van der Waals surface area contributed by atoms with E-state index in [1.807, 2.05) is 0 Å². The molecule has 72 valence electrons. The van der Waals surface area contributed by atoms with Crippen molar-refractivity contribution in [3.8, 4) is 0 Å². The number of hydrogen-bond donors (Lipinski definition) is 0. The third-order valence-corrected chi connectivity index (χ3v) is 0. The number of rotatable bonds is 0. The Morgan fingerprint density at radius 2 is 0.385 bits per heavy atom. The molecular weight excluding hydrogens is 1120 g/mol. The first-order valence-corrected chi connectivity index (χ1v) is 0. The van der Waals surface area contributed by atoms with Gasteiger partial charge in [0.25, 0.3) is 0 Å². The standard InChI is InChI=1S/2Bi.2Ca.5O.2Sr.2Ta.14H/q;;;;5*-2;;;2*+5;;;;;;;;;;;;;;. The van der Waals surface area contributed by atoms with Crippen LogP contribution in [0.3, 0.4) is 0 Å². The normalized spacial score (nSPS) is 0. The molecule has 0 radical (unpaired) electrons. The van der Waals surface area contributed by atoms with Crippen molar-refractivity contribution in [2.24, 2.45) is 0 Å². The van der Waals surface area contributed by atoms with Crippen LogP contribution >= 0.6 is 0 Å². The summed E-state index contributed by atoms with van der Waals surface area (Å²) in [5, 5.41) is 0. The Balaban J connectivity index is 0. The van der Waals surface area contributed by atoms with Crippen LogP contribution in [0.4, 0.5) is 0 Å². The maximum atomic E-state index is 0. The average molecular weight is 1130 g/mol. The van der Waals surface area contributed by atoms with Gasteiger partial charge in [-0.1, -0.05) is 0 Å². The molecule has 5 nitrogen and oxygen atoms in total. The Bertz CT molecular complexity index is 28.5. The minimum Gasteiger partial charge on any atom is 5.00 e. The fraction of sp³-hybridized carbons (Fsp3) is 0. The van der Waals surface area contributed by atoms with Gasteiger partial charge in [-0.2, -0.15) is 0 Å². The van der Waals surface area contributed by atoms with Crippen molar-refractivity contribution in [2.75, 3.05) is 0 Å². The van der Waals surface area contributed by atoms with Gasteiger partial charge in [0.2, 0.25) is 0 Å². The maximum absolute atomic E-state index is 0. The van der Waals surface area contributed by atoms with Crippen LogP contribution in [0.5, 0.6) is 0 Å². The second-order valence-electron chi connectivity index (χ2n) is 0. The average Bonchev–Trinajstić information content (AvgIpc) is 0. The van der Waals surface area contributed by atoms with E-state index in [0.29, 0.717) is 0 Å². The molecule has 0 unspecified atom stereocenters. The quantitative estimate of drug-likeness (QED) is 0.213. The smallest absolute Gasteiger partial charge is 5.00 e. The molecule has 0 fully saturated rings. The summed E-state index contributed by atoms with van der Waals surface area (Å²) in [6.45, 7) is 0. The van der Waals surface area contributed by atoms with E-state index in [9.17, 15) is 0 Å². The summed E-state index contributed by atoms with van der Waals surface area (Å²) in [5.41, 5.74) is 0. The van der Waals surface area contributed by atoms with Gasteiger partial charge in [0.05, 0.1) is 0 Å². The van der Waals surface area contributed by atoms with Crippen LogP contribution in [0.2, 0.25) is 0 Å². The number of hydrogen-bond acceptors (Lipinski definition) is 0. The summed E-state index contributed by atoms with van der Waals surface area (Å²) in [4.78, 5) is 0. The summed E-state index contributed by atoms with van der Waals surface area (Å²) in [7, 11) is 0. The molecule has 0 saturated carbocycles. The molecular formula is H14Bi2Ca2O5Sr2Ta2. The second-order valence-corrected chi connectivity index (χ2v) is 0. The molecule has 0 aliphatic rings. The maximum Gasteiger partial charge on any atom is 5.00 e. The Hall–Kier alpha value is 8.53. The molecule has 0 rings (SSSR count). The Kier molecular flexibility index (Phi) is 1030. The zero-order valence-electron chi connectivity index (χ0n) is 4.35. The Morgan fingerprint density at radius 1 is 0.385 bits per heavy atom. The molecule has 0 heterocycles. The predicted octanol–water partition coefficient (Wildman–Crippen LogP) is -6.63. The van der Waals surface area contributed by atoms with E-state index in [-0.39, 0.29) is 291 Å². The van der Waals surface area contributed by atoms with Crippen molar-refractivity contribution in [3.63, 3.8) is 0 Å². The molecule has 0 amide bonds. The van der Waals surface area contributed by atoms with Crippen molar-refractivity contribution in [1.82, 2.24) is 0 Å². The molecule has 0 saturated heterocycles. The van der Waals surface area contributed by atoms with Crippen LogP contribution in [0.25, 0.3) is 0 Å². The summed E-state index contributed by atoms with van der Waals surface area (Å²) in [6, 6.07) is 0. The molecule has 0 aromatic heterocycles. The minimum atomic E-state index is 0. The zero-order chi connectivity index (χ0) is 0. The molecule has 0 aromatic carbocycles. The van der Waals surface area contributed by atoms with E-state index in [2.05, 4.69) is 0 Å². The van der Waals surface area contributed by atoms with Gasteiger partial charge in [0, 0.05) is 0 Å². The predicted molar refractivity (Wildman–Crippen MR) is 57.5 cm³/mol. The summed E-state index contributed by atoms with van der Waals surface area (Å²) in [6.07, 6.45) is 0. The SMILES string of the molecule is [BiH3].[BiH3].[CaH2].[CaH2].[O-2].[O-2].[O-2].[O-2].[O-2].[SrH2].[SrH2].[Ta+5].[Ta+5]. The summed E-state index contributed by atoms with van der Waals surface area (Å²) < 4.78 is 0. The Labute approximate surface area is 282 Å². The first-order chi connectivity index (χ1) is 0. The van der Waals surface area contributed by atoms with E-state index in [0.717, 1.165) is 0 Å².